The maximum absolute atomic E-state index is 14.1. The number of aromatic nitrogens is 1. The van der Waals surface area contributed by atoms with Crippen LogP contribution in [0.1, 0.15) is 70.2 Å². The second-order valence-electron chi connectivity index (χ2n) is 11.9. The Labute approximate surface area is 237 Å². The van der Waals surface area contributed by atoms with Crippen molar-refractivity contribution in [3.8, 4) is 11.5 Å². The maximum atomic E-state index is 14.1. The molecule has 0 amide bonds. The molecule has 1 saturated carbocycles. The molecule has 3 aromatic rings. The van der Waals surface area contributed by atoms with Crippen molar-refractivity contribution in [3.05, 3.63) is 58.8 Å². The third kappa shape index (κ3) is 4.47. The zero-order valence-corrected chi connectivity index (χ0v) is 25.1. The van der Waals surface area contributed by atoms with Gasteiger partial charge in [0.15, 0.2) is 17.3 Å². The van der Waals surface area contributed by atoms with Crippen LogP contribution in [-0.2, 0) is 16.1 Å². The molecule has 0 atom stereocenters. The zero-order valence-electron chi connectivity index (χ0n) is 25.1. The van der Waals surface area contributed by atoms with Crippen molar-refractivity contribution in [1.82, 2.24) is 4.57 Å². The Morgan fingerprint density at radius 2 is 1.48 bits per heavy atom. The summed E-state index contributed by atoms with van der Waals surface area (Å²) in [5.41, 5.74) is 6.77. The number of aryl methyl sites for hydroxylation is 1. The van der Waals surface area contributed by atoms with Crippen molar-refractivity contribution in [1.29, 1.82) is 0 Å². The van der Waals surface area contributed by atoms with E-state index in [1.54, 1.807) is 14.2 Å². The van der Waals surface area contributed by atoms with Crippen molar-refractivity contribution >= 4 is 39.4 Å². The average molecular weight is 542 g/mol. The van der Waals surface area contributed by atoms with Crippen LogP contribution in [0.5, 0.6) is 11.5 Å². The molecule has 2 heterocycles. The highest BCUT2D eigenvalue weighted by molar-refractivity contribution is 6.50. The van der Waals surface area contributed by atoms with Crippen LogP contribution in [-0.4, -0.2) is 47.2 Å². The molecule has 6 heteroatoms. The summed E-state index contributed by atoms with van der Waals surface area (Å²) in [6.07, 6.45) is 2.02. The number of rotatable bonds is 9. The van der Waals surface area contributed by atoms with Crippen molar-refractivity contribution in [2.24, 2.45) is 11.8 Å². The number of allylic oxidation sites excluding steroid dienone is 2. The van der Waals surface area contributed by atoms with E-state index in [1.165, 1.54) is 0 Å². The molecule has 1 aromatic heterocycles. The Bertz CT molecular complexity index is 1570. The first-order chi connectivity index (χ1) is 19.1. The maximum Gasteiger partial charge on any atom is 0.213 e. The molecule has 0 N–H and O–H groups in total. The molecule has 40 heavy (non-hydrogen) atoms. The molecule has 2 aromatic carbocycles. The molecule has 6 nitrogen and oxygen atoms in total. The first-order valence-electron chi connectivity index (χ1n) is 14.4. The Morgan fingerprint density at radius 1 is 0.850 bits per heavy atom. The van der Waals surface area contributed by atoms with Gasteiger partial charge in [0.1, 0.15) is 24.0 Å². The fraction of sp³-hybridized carbons (Fsp3) is 0.441. The number of Topliss-reactive ketones (excluding diaryl/α,β-unsaturated/α-hetero) is 2. The lowest BCUT2D eigenvalue weighted by molar-refractivity contribution is -0.439. The van der Waals surface area contributed by atoms with Crippen LogP contribution in [0.3, 0.4) is 0 Å². The lowest BCUT2D eigenvalue weighted by atomic mass is 9.69. The molecular formula is C34H41N2O4+. The molecule has 210 valence electrons. The summed E-state index contributed by atoms with van der Waals surface area (Å²) >= 11 is 0. The van der Waals surface area contributed by atoms with Gasteiger partial charge in [0.25, 0.3) is 0 Å². The second-order valence-corrected chi connectivity index (χ2v) is 11.9. The van der Waals surface area contributed by atoms with E-state index in [0.717, 1.165) is 70.6 Å². The largest absolute Gasteiger partial charge is 0.497 e. The van der Waals surface area contributed by atoms with E-state index in [0.29, 0.717) is 28.9 Å². The lowest BCUT2D eigenvalue weighted by Gasteiger charge is -2.28. The summed E-state index contributed by atoms with van der Waals surface area (Å²) in [6, 6.07) is 11.9. The number of carbonyl (C=O) groups excluding carboxylic acids is 2. The summed E-state index contributed by atoms with van der Waals surface area (Å²) in [4.78, 5) is 28.2. The fourth-order valence-corrected chi connectivity index (χ4v) is 6.19. The van der Waals surface area contributed by atoms with Crippen molar-refractivity contribution in [2.75, 3.05) is 20.8 Å². The topological polar surface area (TPSA) is 60.5 Å². The molecule has 1 aliphatic heterocycles. The van der Waals surface area contributed by atoms with Crippen LogP contribution in [0.4, 0.5) is 5.69 Å². The summed E-state index contributed by atoms with van der Waals surface area (Å²) in [5.74, 6) is 1.50. The summed E-state index contributed by atoms with van der Waals surface area (Å²) < 4.78 is 15.6. The van der Waals surface area contributed by atoms with Crippen LogP contribution in [0.25, 0.3) is 16.5 Å². The number of carbonyl (C=O) groups is 2. The first-order valence-corrected chi connectivity index (χ1v) is 14.4. The highest BCUT2D eigenvalue weighted by Crippen LogP contribution is 2.47. The van der Waals surface area contributed by atoms with Crippen molar-refractivity contribution in [3.63, 3.8) is 0 Å². The highest BCUT2D eigenvalue weighted by atomic mass is 16.5. The molecule has 0 spiro atoms. The zero-order chi connectivity index (χ0) is 28.9. The highest BCUT2D eigenvalue weighted by Gasteiger charge is 2.51. The number of benzene rings is 2. The number of ketones is 2. The Kier molecular flexibility index (Phi) is 7.47. The number of ether oxygens (including phenoxy) is 2. The fourth-order valence-electron chi connectivity index (χ4n) is 6.19. The van der Waals surface area contributed by atoms with Gasteiger partial charge in [-0.1, -0.05) is 27.7 Å². The van der Waals surface area contributed by atoms with Gasteiger partial charge >= 0.3 is 0 Å². The van der Waals surface area contributed by atoms with Crippen LogP contribution in [0, 0.1) is 18.8 Å². The second kappa shape index (κ2) is 10.7. The molecule has 0 radical (unpaired) electrons. The summed E-state index contributed by atoms with van der Waals surface area (Å²) in [5, 5.41) is 0.920. The number of nitrogens with zero attached hydrogens (tertiary/aromatic N) is 2. The molecule has 2 aliphatic rings. The summed E-state index contributed by atoms with van der Waals surface area (Å²) in [6.45, 7) is 14.6. The Balaban J connectivity index is 1.64. The van der Waals surface area contributed by atoms with E-state index >= 15 is 0 Å². The number of hydrogen-bond acceptors (Lipinski definition) is 4. The molecule has 1 fully saturated rings. The van der Waals surface area contributed by atoms with E-state index in [9.17, 15) is 9.59 Å². The minimum Gasteiger partial charge on any atom is -0.497 e. The predicted molar refractivity (Wildman–Crippen MR) is 160 cm³/mol. The number of hydrogen-bond donors (Lipinski definition) is 0. The summed E-state index contributed by atoms with van der Waals surface area (Å²) in [7, 11) is 3.28. The molecule has 5 rings (SSSR count). The molecule has 0 saturated heterocycles. The minimum atomic E-state index is -0.802. The standard InChI is InChI=1S/C34H41N2O4/c1-19(2)13-15-35-21(5)29(25-17-23(39-7)9-11-27(25)35)31-33(37)32(34(31)38)30-22(6)36(16-14-20(3)4)28-12-10-24(40-8)18-26(28)30/h9-12,17-20,31H,13-16H2,1-8H3/q+1. The van der Waals surface area contributed by atoms with Crippen LogP contribution < -0.4 is 9.47 Å². The van der Waals surface area contributed by atoms with Gasteiger partial charge in [-0.05, 0) is 61.1 Å². The van der Waals surface area contributed by atoms with Crippen LogP contribution >= 0.6 is 0 Å². The third-order valence-electron chi connectivity index (χ3n) is 8.53. The average Bonchev–Trinajstić information content (AvgIpc) is 3.35. The first kappa shape index (κ1) is 27.9. The minimum absolute atomic E-state index is 0.104. The normalized spacial score (nSPS) is 17.0. The van der Waals surface area contributed by atoms with Crippen molar-refractivity contribution in [2.45, 2.75) is 66.8 Å². The quantitative estimate of drug-likeness (QED) is 0.128. The Morgan fingerprint density at radius 3 is 2.10 bits per heavy atom. The molecule has 1 aliphatic carbocycles. The van der Waals surface area contributed by atoms with Gasteiger partial charge in [0.05, 0.1) is 30.9 Å². The molecule has 0 bridgehead atoms. The Hall–Kier alpha value is -3.67. The number of methoxy groups -OCH3 is 2. The van der Waals surface area contributed by atoms with Crippen LogP contribution in [0.15, 0.2) is 42.0 Å². The van der Waals surface area contributed by atoms with E-state index in [2.05, 4.69) is 36.8 Å². The van der Waals surface area contributed by atoms with Gasteiger partial charge < -0.3 is 14.0 Å². The lowest BCUT2D eigenvalue weighted by Crippen LogP contribution is -2.40. The van der Waals surface area contributed by atoms with Gasteiger partial charge in [-0.25, -0.2) is 0 Å². The van der Waals surface area contributed by atoms with Gasteiger partial charge in [-0.3, -0.25) is 9.59 Å². The molecule has 0 unspecified atom stereocenters. The molecular weight excluding hydrogens is 500 g/mol. The van der Waals surface area contributed by atoms with Crippen LogP contribution in [0.2, 0.25) is 0 Å². The van der Waals surface area contributed by atoms with Gasteiger partial charge in [0.2, 0.25) is 5.69 Å². The smallest absolute Gasteiger partial charge is 0.213 e. The predicted octanol–water partition coefficient (Wildman–Crippen LogP) is 6.87. The van der Waals surface area contributed by atoms with Crippen molar-refractivity contribution < 1.29 is 23.6 Å². The van der Waals surface area contributed by atoms with E-state index < -0.39 is 5.92 Å². The van der Waals surface area contributed by atoms with Gasteiger partial charge in [0, 0.05) is 42.6 Å². The van der Waals surface area contributed by atoms with Gasteiger partial charge in [-0.15, -0.1) is 0 Å². The van der Waals surface area contributed by atoms with Gasteiger partial charge in [-0.2, -0.15) is 4.58 Å². The van der Waals surface area contributed by atoms with E-state index in [4.69, 9.17) is 9.47 Å². The SMILES string of the molecule is COc1ccc2c(c1)C(=C1C(=O)C(c3c(C)n(CCC(C)C)c4ccc(OC)cc34)C1=O)C(C)=[N+]2CCC(C)C. The number of fused-ring (bicyclic) bond motifs is 2. The third-order valence-corrected chi connectivity index (χ3v) is 8.53. The van der Waals surface area contributed by atoms with E-state index in [1.807, 2.05) is 50.2 Å². The monoisotopic (exact) mass is 541 g/mol. The van der Waals surface area contributed by atoms with E-state index in [-0.39, 0.29) is 11.6 Å².